The molecule has 0 amide bonds. The highest BCUT2D eigenvalue weighted by molar-refractivity contribution is 5.96. The fourth-order valence-corrected chi connectivity index (χ4v) is 12.1. The molecular formula is C69H69N5O. The van der Waals surface area contributed by atoms with Crippen LogP contribution in [-0.2, 0) is 5.41 Å². The van der Waals surface area contributed by atoms with Crippen LogP contribution in [0.3, 0.4) is 0 Å². The Balaban J connectivity index is 1.11. The van der Waals surface area contributed by atoms with Crippen LogP contribution in [0.1, 0.15) is 109 Å². The van der Waals surface area contributed by atoms with Gasteiger partial charge in [0.05, 0.1) is 22.4 Å². The van der Waals surface area contributed by atoms with E-state index in [4.69, 9.17) is 19.4 Å². The van der Waals surface area contributed by atoms with Gasteiger partial charge in [0.1, 0.15) is 5.52 Å². The van der Waals surface area contributed by atoms with E-state index in [1.807, 2.05) is 6.92 Å². The molecule has 0 spiro atoms. The molecule has 0 aliphatic heterocycles. The van der Waals surface area contributed by atoms with Crippen molar-refractivity contribution in [2.45, 2.75) is 104 Å². The first kappa shape index (κ1) is 49.4. The van der Waals surface area contributed by atoms with Gasteiger partial charge in [0, 0.05) is 57.6 Å². The number of unbranched alkanes of at least 4 members (excludes halogenated alkanes) is 2. The molecule has 10 aromatic rings. The van der Waals surface area contributed by atoms with Crippen molar-refractivity contribution in [2.24, 2.45) is 11.8 Å². The number of hydrogen-bond donors (Lipinski definition) is 0. The monoisotopic (exact) mass is 984 g/mol. The maximum Gasteiger partial charge on any atom is 0.192 e. The van der Waals surface area contributed by atoms with Gasteiger partial charge in [-0.3, -0.25) is 0 Å². The van der Waals surface area contributed by atoms with Crippen molar-refractivity contribution < 1.29 is 4.42 Å². The van der Waals surface area contributed by atoms with Crippen molar-refractivity contribution in [3.05, 3.63) is 211 Å². The van der Waals surface area contributed by atoms with E-state index in [0.29, 0.717) is 17.7 Å². The highest BCUT2D eigenvalue weighted by Gasteiger charge is 2.46. The van der Waals surface area contributed by atoms with E-state index in [9.17, 15) is 0 Å². The zero-order chi connectivity index (χ0) is 51.3. The zero-order valence-corrected chi connectivity index (χ0v) is 44.3. The molecule has 376 valence electrons. The van der Waals surface area contributed by atoms with Crippen LogP contribution in [0.15, 0.2) is 199 Å². The van der Waals surface area contributed by atoms with Crippen LogP contribution in [0.2, 0.25) is 0 Å². The number of aryl methyl sites for hydroxylation is 1. The summed E-state index contributed by atoms with van der Waals surface area (Å²) in [5, 5.41) is 0. The summed E-state index contributed by atoms with van der Waals surface area (Å²) in [5.41, 5.74) is 18.9. The highest BCUT2D eigenvalue weighted by atomic mass is 16.3. The van der Waals surface area contributed by atoms with Gasteiger partial charge in [-0.1, -0.05) is 176 Å². The molecule has 1 aliphatic carbocycles. The van der Waals surface area contributed by atoms with Crippen LogP contribution in [-0.4, -0.2) is 15.0 Å². The van der Waals surface area contributed by atoms with Gasteiger partial charge < -0.3 is 14.2 Å². The summed E-state index contributed by atoms with van der Waals surface area (Å²) >= 11 is 0. The van der Waals surface area contributed by atoms with Gasteiger partial charge in [0.15, 0.2) is 11.5 Å². The molecule has 6 heteroatoms. The molecule has 0 radical (unpaired) electrons. The molecule has 0 fully saturated rings. The summed E-state index contributed by atoms with van der Waals surface area (Å²) in [6.07, 6.45) is 11.8. The molecule has 11 rings (SSSR count). The summed E-state index contributed by atoms with van der Waals surface area (Å²) in [4.78, 5) is 21.1. The van der Waals surface area contributed by atoms with Crippen molar-refractivity contribution in [3.63, 3.8) is 0 Å². The van der Waals surface area contributed by atoms with E-state index >= 15 is 0 Å². The van der Waals surface area contributed by atoms with Crippen LogP contribution in [0.25, 0.3) is 55.8 Å². The predicted molar refractivity (Wildman–Crippen MR) is 314 cm³/mol. The van der Waals surface area contributed by atoms with Gasteiger partial charge in [0.25, 0.3) is 0 Å². The van der Waals surface area contributed by atoms with E-state index in [1.54, 1.807) is 0 Å². The molecule has 0 saturated heterocycles. The fourth-order valence-electron chi connectivity index (χ4n) is 12.1. The summed E-state index contributed by atoms with van der Waals surface area (Å²) in [7, 11) is 0. The lowest BCUT2D eigenvalue weighted by Crippen LogP contribution is -2.31. The molecule has 1 unspecified atom stereocenters. The summed E-state index contributed by atoms with van der Waals surface area (Å²) in [6, 6.07) is 69.6. The van der Waals surface area contributed by atoms with Crippen molar-refractivity contribution in [3.8, 4) is 33.6 Å². The molecule has 2 aromatic heterocycles. The molecule has 0 bridgehead atoms. The molecule has 0 N–H and O–H groups in total. The summed E-state index contributed by atoms with van der Waals surface area (Å²) in [6.45, 7) is 11.4. The van der Waals surface area contributed by atoms with Gasteiger partial charge >= 0.3 is 0 Å². The third-order valence-corrected chi connectivity index (χ3v) is 16.0. The molecule has 2 heterocycles. The smallest absolute Gasteiger partial charge is 0.192 e. The van der Waals surface area contributed by atoms with Gasteiger partial charge in [-0.05, 0) is 144 Å². The SMILES string of the molecule is CCCC[C@@H](CC)CC1(C[C@@H](CC)CCCC)c2cc3nc(-c4ccc(N(c5ccccc5)c5ccccc5)cc4)c(-c4ccc(N(c5ccccc5)c5ccccc5)cc4)nc3cc2-c2cc3nc(C)oc3cc21. The van der Waals surface area contributed by atoms with Crippen LogP contribution in [0.4, 0.5) is 34.1 Å². The first-order valence-corrected chi connectivity index (χ1v) is 27.7. The molecule has 1 aliphatic rings. The van der Waals surface area contributed by atoms with Crippen molar-refractivity contribution >= 4 is 56.3 Å². The molecular weight excluding hydrogens is 915 g/mol. The van der Waals surface area contributed by atoms with Crippen LogP contribution < -0.4 is 9.80 Å². The summed E-state index contributed by atoms with van der Waals surface area (Å²) < 4.78 is 6.39. The maximum atomic E-state index is 6.39. The average Bonchev–Trinajstić information content (AvgIpc) is 3.96. The molecule has 6 nitrogen and oxygen atoms in total. The van der Waals surface area contributed by atoms with Crippen molar-refractivity contribution in [1.29, 1.82) is 0 Å². The minimum atomic E-state index is -0.226. The highest BCUT2D eigenvalue weighted by Crippen LogP contribution is 2.58. The molecule has 0 saturated carbocycles. The lowest BCUT2D eigenvalue weighted by atomic mass is 9.65. The minimum absolute atomic E-state index is 0.226. The Morgan fingerprint density at radius 2 is 0.800 bits per heavy atom. The second-order valence-electron chi connectivity index (χ2n) is 20.8. The standard InChI is InChI=1S/C69H69N5O/c1-6-10-24-49(8-3)46-69(47-50(9-4)25-11-7-2)61-44-64-63(42-59(61)60-43-65-66(45-62(60)69)75-48(5)70-65)71-67(51-34-38-57(39-35-51)73(53-26-16-12-17-27-53)54-28-18-13-19-29-54)68(72-64)52-36-40-58(41-37-52)74(55-30-20-14-21-31-55)56-32-22-15-23-33-56/h12-23,26-45,49-50H,6-11,24-25,46-47H2,1-5H3/t49-,50+,69?. The van der Waals surface area contributed by atoms with Gasteiger partial charge in [-0.2, -0.15) is 0 Å². The van der Waals surface area contributed by atoms with Crippen LogP contribution in [0, 0.1) is 18.8 Å². The third-order valence-electron chi connectivity index (χ3n) is 16.0. The third kappa shape index (κ3) is 9.87. The number of rotatable bonds is 20. The number of hydrogen-bond acceptors (Lipinski definition) is 6. The summed E-state index contributed by atoms with van der Waals surface area (Å²) in [5.74, 6) is 1.85. The van der Waals surface area contributed by atoms with E-state index in [1.165, 1.54) is 60.8 Å². The van der Waals surface area contributed by atoms with E-state index in [-0.39, 0.29) is 5.41 Å². The zero-order valence-electron chi connectivity index (χ0n) is 44.3. The van der Waals surface area contributed by atoms with E-state index in [0.717, 1.165) is 104 Å². The Morgan fingerprint density at radius 3 is 1.20 bits per heavy atom. The number of anilines is 6. The number of benzene rings is 8. The van der Waals surface area contributed by atoms with Crippen molar-refractivity contribution in [1.82, 2.24) is 15.0 Å². The Morgan fingerprint density at radius 1 is 0.427 bits per heavy atom. The number of oxazole rings is 1. The Labute approximate surface area is 444 Å². The van der Waals surface area contributed by atoms with Gasteiger partial charge in [0.2, 0.25) is 0 Å². The Hall–Kier alpha value is -7.83. The topological polar surface area (TPSA) is 58.3 Å². The van der Waals surface area contributed by atoms with Crippen LogP contribution in [0.5, 0.6) is 0 Å². The minimum Gasteiger partial charge on any atom is -0.441 e. The van der Waals surface area contributed by atoms with Gasteiger partial charge in [-0.25, -0.2) is 15.0 Å². The quantitative estimate of drug-likeness (QED) is 0.0758. The number of nitrogens with zero attached hydrogens (tertiary/aromatic N) is 5. The lowest BCUT2D eigenvalue weighted by molar-refractivity contribution is 0.266. The van der Waals surface area contributed by atoms with Gasteiger partial charge in [-0.15, -0.1) is 0 Å². The first-order valence-electron chi connectivity index (χ1n) is 27.7. The predicted octanol–water partition coefficient (Wildman–Crippen LogP) is 19.8. The fraction of sp³-hybridized carbons (Fsp3) is 0.261. The second kappa shape index (κ2) is 21.9. The normalized spacial score (nSPS) is 14.7. The van der Waals surface area contributed by atoms with E-state index in [2.05, 4.69) is 232 Å². The van der Waals surface area contributed by atoms with E-state index < -0.39 is 0 Å². The Kier molecular flexibility index (Phi) is 14.4. The second-order valence-corrected chi connectivity index (χ2v) is 20.8. The first-order chi connectivity index (χ1) is 36.9. The Bertz CT molecular complexity index is 3400. The number of para-hydroxylation sites is 4. The molecule has 75 heavy (non-hydrogen) atoms. The average molecular weight is 984 g/mol. The van der Waals surface area contributed by atoms with Crippen molar-refractivity contribution in [2.75, 3.05) is 9.80 Å². The molecule has 8 aromatic carbocycles. The maximum absolute atomic E-state index is 6.39. The lowest BCUT2D eigenvalue weighted by Gasteiger charge is -2.38. The largest absolute Gasteiger partial charge is 0.441 e. The molecule has 3 atom stereocenters. The number of aromatic nitrogens is 3. The number of fused-ring (bicyclic) bond motifs is 5. The van der Waals surface area contributed by atoms with Crippen LogP contribution >= 0.6 is 0 Å².